The fourth-order valence-electron chi connectivity index (χ4n) is 0.188. The van der Waals surface area contributed by atoms with Gasteiger partial charge in [-0.15, -0.1) is 0 Å². The summed E-state index contributed by atoms with van der Waals surface area (Å²) >= 11 is 0. The highest BCUT2D eigenvalue weighted by atomic mass is 16.3. The van der Waals surface area contributed by atoms with Gasteiger partial charge in [-0.05, 0) is 5.53 Å². The molecule has 0 aromatic carbocycles. The maximum atomic E-state index is 8.47. The molecule has 8 heavy (non-hydrogen) atoms. The molecule has 46 valence electrons. The van der Waals surface area contributed by atoms with Crippen LogP contribution in [0.5, 0.6) is 0 Å². The van der Waals surface area contributed by atoms with Crippen LogP contribution in [0.3, 0.4) is 0 Å². The minimum atomic E-state index is -0.911. The molecular formula is C3H7N3O2. The summed E-state index contributed by atoms with van der Waals surface area (Å²) in [5.74, 6) is 0. The van der Waals surface area contributed by atoms with Crippen molar-refractivity contribution in [1.82, 2.24) is 0 Å². The molecule has 0 radical (unpaired) electrons. The van der Waals surface area contributed by atoms with Gasteiger partial charge in [0.25, 0.3) is 0 Å². The molecule has 0 aromatic rings. The zero-order chi connectivity index (χ0) is 6.41. The molecule has 2 N–H and O–H groups in total. The van der Waals surface area contributed by atoms with Crippen molar-refractivity contribution in [2.45, 2.75) is 6.10 Å². The highest BCUT2D eigenvalue weighted by Crippen LogP contribution is 1.80. The zero-order valence-corrected chi connectivity index (χ0v) is 4.23. The van der Waals surface area contributed by atoms with Crippen LogP contribution in [0, 0.1) is 0 Å². The van der Waals surface area contributed by atoms with Gasteiger partial charge in [0, 0.05) is 4.91 Å². The summed E-state index contributed by atoms with van der Waals surface area (Å²) in [6.45, 7) is -0.425. The Morgan fingerprint density at radius 2 is 2.38 bits per heavy atom. The molecule has 0 spiro atoms. The number of rotatable bonds is 3. The Labute approximate surface area is 46.2 Å². The Bertz CT molecular complexity index is 98.7. The van der Waals surface area contributed by atoms with Crippen LogP contribution < -0.4 is 0 Å². The van der Waals surface area contributed by atoms with Crippen LogP contribution >= 0.6 is 0 Å². The molecule has 0 aromatic heterocycles. The lowest BCUT2D eigenvalue weighted by Crippen LogP contribution is -2.14. The molecule has 5 heteroatoms. The predicted octanol–water partition coefficient (Wildman–Crippen LogP) is -0.350. The summed E-state index contributed by atoms with van der Waals surface area (Å²) in [7, 11) is 0. The van der Waals surface area contributed by atoms with E-state index in [-0.39, 0.29) is 13.2 Å². The van der Waals surface area contributed by atoms with Crippen molar-refractivity contribution in [1.29, 1.82) is 0 Å². The van der Waals surface area contributed by atoms with E-state index in [1.807, 2.05) is 0 Å². The molecule has 1 atom stereocenters. The van der Waals surface area contributed by atoms with E-state index in [4.69, 9.17) is 15.7 Å². The van der Waals surface area contributed by atoms with Crippen molar-refractivity contribution in [2.24, 2.45) is 5.11 Å². The normalized spacial score (nSPS) is 12.2. The molecule has 0 aliphatic rings. The first-order valence-electron chi connectivity index (χ1n) is 2.11. The first kappa shape index (κ1) is 7.23. The molecule has 0 heterocycles. The van der Waals surface area contributed by atoms with Crippen molar-refractivity contribution in [2.75, 3.05) is 13.2 Å². The van der Waals surface area contributed by atoms with Gasteiger partial charge in [0.05, 0.1) is 19.3 Å². The van der Waals surface area contributed by atoms with Crippen LogP contribution in [0.4, 0.5) is 0 Å². The predicted molar refractivity (Wildman–Crippen MR) is 27.1 cm³/mol. The number of nitrogens with zero attached hydrogens (tertiary/aromatic N) is 3. The molecule has 0 unspecified atom stereocenters. The standard InChI is InChI=1S/C3H7N3O2/c4-6-5-1-3(8)2-7/h3,7-8H,1-2H2/t3-/m0/s1. The van der Waals surface area contributed by atoms with E-state index in [1.54, 1.807) is 0 Å². The molecular weight excluding hydrogens is 110 g/mol. The number of hydrogen-bond acceptors (Lipinski definition) is 3. The zero-order valence-electron chi connectivity index (χ0n) is 4.23. The van der Waals surface area contributed by atoms with Gasteiger partial charge < -0.3 is 10.2 Å². The van der Waals surface area contributed by atoms with Crippen molar-refractivity contribution < 1.29 is 10.2 Å². The van der Waals surface area contributed by atoms with Gasteiger partial charge in [-0.25, -0.2) is 0 Å². The summed E-state index contributed by atoms with van der Waals surface area (Å²) in [4.78, 5) is 2.38. The smallest absolute Gasteiger partial charge is 0.0827 e. The fourth-order valence-corrected chi connectivity index (χ4v) is 0.188. The summed E-state index contributed by atoms with van der Waals surface area (Å²) in [5.41, 5.74) is 7.68. The Hall–Kier alpha value is -0.770. The van der Waals surface area contributed by atoms with E-state index in [2.05, 4.69) is 10.0 Å². The van der Waals surface area contributed by atoms with Crippen molar-refractivity contribution in [3.63, 3.8) is 0 Å². The lowest BCUT2D eigenvalue weighted by atomic mass is 10.4. The third-order valence-corrected chi connectivity index (χ3v) is 0.566. The number of azide groups is 1. The monoisotopic (exact) mass is 117 g/mol. The van der Waals surface area contributed by atoms with Crippen molar-refractivity contribution in [3.8, 4) is 0 Å². The lowest BCUT2D eigenvalue weighted by Gasteiger charge is -1.97. The van der Waals surface area contributed by atoms with Crippen LogP contribution in [-0.2, 0) is 0 Å². The van der Waals surface area contributed by atoms with Gasteiger partial charge >= 0.3 is 0 Å². The van der Waals surface area contributed by atoms with Gasteiger partial charge in [0.1, 0.15) is 0 Å². The van der Waals surface area contributed by atoms with E-state index in [0.717, 1.165) is 0 Å². The summed E-state index contributed by atoms with van der Waals surface area (Å²) in [6.07, 6.45) is -0.911. The molecule has 5 nitrogen and oxygen atoms in total. The number of hydrogen-bond donors (Lipinski definition) is 2. The van der Waals surface area contributed by atoms with Crippen LogP contribution in [-0.4, -0.2) is 29.5 Å². The maximum Gasteiger partial charge on any atom is 0.0827 e. The third kappa shape index (κ3) is 3.42. The highest BCUT2D eigenvalue weighted by molar-refractivity contribution is 4.55. The molecule has 0 rings (SSSR count). The lowest BCUT2D eigenvalue weighted by molar-refractivity contribution is 0.102. The van der Waals surface area contributed by atoms with Crippen molar-refractivity contribution >= 4 is 0 Å². The summed E-state index contributed by atoms with van der Waals surface area (Å²) < 4.78 is 0. The largest absolute Gasteiger partial charge is 0.394 e. The first-order valence-corrected chi connectivity index (χ1v) is 2.11. The van der Waals surface area contributed by atoms with E-state index in [9.17, 15) is 0 Å². The SMILES string of the molecule is [N-]=[N+]=NC[C@H](O)CO. The Morgan fingerprint density at radius 3 is 2.75 bits per heavy atom. The number of aliphatic hydroxyl groups excluding tert-OH is 2. The highest BCUT2D eigenvalue weighted by Gasteiger charge is 1.95. The van der Waals surface area contributed by atoms with Gasteiger partial charge in [0.15, 0.2) is 0 Å². The Kier molecular flexibility index (Phi) is 3.97. The van der Waals surface area contributed by atoms with Crippen molar-refractivity contribution in [3.05, 3.63) is 10.4 Å². The van der Waals surface area contributed by atoms with Crippen LogP contribution in [0.25, 0.3) is 10.4 Å². The minimum absolute atomic E-state index is 0.0625. The molecule has 0 saturated carbocycles. The molecule has 0 bridgehead atoms. The second-order valence-corrected chi connectivity index (χ2v) is 1.25. The van der Waals surface area contributed by atoms with E-state index in [1.165, 1.54) is 0 Å². The molecule has 0 amide bonds. The quantitative estimate of drug-likeness (QED) is 0.300. The fraction of sp³-hybridized carbons (Fsp3) is 1.00. The Morgan fingerprint density at radius 1 is 1.75 bits per heavy atom. The average Bonchev–Trinajstić information content (AvgIpc) is 1.83. The van der Waals surface area contributed by atoms with Gasteiger partial charge in [-0.2, -0.15) is 0 Å². The first-order chi connectivity index (χ1) is 3.81. The maximum absolute atomic E-state index is 8.47. The summed E-state index contributed by atoms with van der Waals surface area (Å²) in [6, 6.07) is 0. The van der Waals surface area contributed by atoms with E-state index >= 15 is 0 Å². The average molecular weight is 117 g/mol. The molecule has 0 fully saturated rings. The molecule has 0 aliphatic carbocycles. The molecule has 0 saturated heterocycles. The van der Waals surface area contributed by atoms with Crippen LogP contribution in [0.15, 0.2) is 5.11 Å². The van der Waals surface area contributed by atoms with Gasteiger partial charge in [-0.3, -0.25) is 0 Å². The minimum Gasteiger partial charge on any atom is -0.394 e. The van der Waals surface area contributed by atoms with Gasteiger partial charge in [-0.1, -0.05) is 5.11 Å². The van der Waals surface area contributed by atoms with E-state index in [0.29, 0.717) is 0 Å². The number of aliphatic hydroxyl groups is 2. The Balaban J connectivity index is 3.23. The molecule has 0 aliphatic heterocycles. The third-order valence-electron chi connectivity index (χ3n) is 0.566. The summed E-state index contributed by atoms with van der Waals surface area (Å²) in [5, 5.41) is 19.6. The van der Waals surface area contributed by atoms with Crippen LogP contribution in [0.1, 0.15) is 0 Å². The second-order valence-electron chi connectivity index (χ2n) is 1.25. The van der Waals surface area contributed by atoms with Gasteiger partial charge in [0.2, 0.25) is 0 Å². The topological polar surface area (TPSA) is 89.2 Å². The second kappa shape index (κ2) is 4.39. The van der Waals surface area contributed by atoms with Crippen LogP contribution in [0.2, 0.25) is 0 Å². The van der Waals surface area contributed by atoms with E-state index < -0.39 is 6.10 Å².